The van der Waals surface area contributed by atoms with Crippen molar-refractivity contribution in [2.24, 2.45) is 0 Å². The number of aliphatic carboxylic acids is 1. The Hall–Kier alpha value is -0.830. The Labute approximate surface area is 97.4 Å². The second kappa shape index (κ2) is 3.63. The van der Waals surface area contributed by atoms with Gasteiger partial charge in [0.25, 0.3) is 0 Å². The van der Waals surface area contributed by atoms with Crippen molar-refractivity contribution in [1.82, 2.24) is 0 Å². The zero-order valence-electron chi connectivity index (χ0n) is 8.59. The first kappa shape index (κ1) is 10.7. The van der Waals surface area contributed by atoms with E-state index in [1.165, 1.54) is 0 Å². The normalized spacial score (nSPS) is 18.3. The van der Waals surface area contributed by atoms with Crippen LogP contribution in [0.2, 0.25) is 0 Å². The van der Waals surface area contributed by atoms with Gasteiger partial charge in [0.1, 0.15) is 0 Å². The van der Waals surface area contributed by atoms with E-state index in [1.54, 1.807) is 0 Å². The molecule has 1 saturated carbocycles. The summed E-state index contributed by atoms with van der Waals surface area (Å²) in [6, 6.07) is 5.84. The average Bonchev–Trinajstić information content (AvgIpc) is 2.08. The van der Waals surface area contributed by atoms with Crippen LogP contribution in [0.3, 0.4) is 0 Å². The van der Waals surface area contributed by atoms with E-state index in [-0.39, 0.29) is 0 Å². The summed E-state index contributed by atoms with van der Waals surface area (Å²) in [6.07, 6.45) is 2.55. The van der Waals surface area contributed by atoms with Crippen molar-refractivity contribution < 1.29 is 9.90 Å². The van der Waals surface area contributed by atoms with Crippen molar-refractivity contribution in [3.05, 3.63) is 33.8 Å². The average molecular weight is 269 g/mol. The molecule has 0 aliphatic heterocycles. The van der Waals surface area contributed by atoms with Crippen molar-refractivity contribution in [2.45, 2.75) is 31.6 Å². The molecular formula is C12H13BrO2. The molecule has 1 fully saturated rings. The van der Waals surface area contributed by atoms with E-state index in [4.69, 9.17) is 0 Å². The number of halogens is 1. The van der Waals surface area contributed by atoms with Gasteiger partial charge in [-0.15, -0.1) is 0 Å². The second-order valence-corrected chi connectivity index (χ2v) is 5.06. The van der Waals surface area contributed by atoms with Crippen molar-refractivity contribution in [3.63, 3.8) is 0 Å². The minimum absolute atomic E-state index is 0.606. The van der Waals surface area contributed by atoms with Crippen molar-refractivity contribution >= 4 is 21.9 Å². The van der Waals surface area contributed by atoms with Crippen LogP contribution < -0.4 is 0 Å². The minimum atomic E-state index is -0.685. The topological polar surface area (TPSA) is 37.3 Å². The lowest BCUT2D eigenvalue weighted by molar-refractivity contribution is -0.147. The molecule has 1 aromatic rings. The highest BCUT2D eigenvalue weighted by molar-refractivity contribution is 9.10. The van der Waals surface area contributed by atoms with Crippen LogP contribution in [-0.4, -0.2) is 11.1 Å². The zero-order valence-corrected chi connectivity index (χ0v) is 10.2. The number of rotatable bonds is 2. The number of hydrogen-bond acceptors (Lipinski definition) is 1. The summed E-state index contributed by atoms with van der Waals surface area (Å²) in [4.78, 5) is 11.3. The lowest BCUT2D eigenvalue weighted by atomic mass is 9.64. The molecule has 0 bridgehead atoms. The molecule has 3 heteroatoms. The number of benzene rings is 1. The largest absolute Gasteiger partial charge is 0.481 e. The van der Waals surface area contributed by atoms with Gasteiger partial charge in [-0.25, -0.2) is 0 Å². The third kappa shape index (κ3) is 1.59. The maximum atomic E-state index is 11.3. The van der Waals surface area contributed by atoms with Crippen molar-refractivity contribution in [3.8, 4) is 0 Å². The van der Waals surface area contributed by atoms with E-state index < -0.39 is 11.4 Å². The summed E-state index contributed by atoms with van der Waals surface area (Å²) < 4.78 is 1.03. The molecule has 0 atom stereocenters. The lowest BCUT2D eigenvalue weighted by Gasteiger charge is -2.38. The van der Waals surface area contributed by atoms with Gasteiger partial charge in [-0.05, 0) is 37.0 Å². The van der Waals surface area contributed by atoms with Crippen LogP contribution in [0.4, 0.5) is 0 Å². The van der Waals surface area contributed by atoms with E-state index in [1.807, 2.05) is 25.1 Å². The van der Waals surface area contributed by atoms with E-state index in [0.29, 0.717) is 0 Å². The molecule has 0 unspecified atom stereocenters. The van der Waals surface area contributed by atoms with Crippen LogP contribution >= 0.6 is 15.9 Å². The minimum Gasteiger partial charge on any atom is -0.481 e. The molecule has 0 amide bonds. The predicted octanol–water partition coefficient (Wildman–Crippen LogP) is 3.26. The lowest BCUT2D eigenvalue weighted by Crippen LogP contribution is -2.42. The van der Waals surface area contributed by atoms with Crippen molar-refractivity contribution in [2.75, 3.05) is 0 Å². The maximum absolute atomic E-state index is 11.3. The standard InChI is InChI=1S/C12H13BrO2/c1-8-7-9(3-4-10(8)13)12(11(14)15)5-2-6-12/h3-4,7H,2,5-6H2,1H3,(H,14,15). The molecule has 1 N–H and O–H groups in total. The van der Waals surface area contributed by atoms with Gasteiger partial charge >= 0.3 is 5.97 Å². The van der Waals surface area contributed by atoms with Crippen molar-refractivity contribution in [1.29, 1.82) is 0 Å². The van der Waals surface area contributed by atoms with Crippen LogP contribution in [0.1, 0.15) is 30.4 Å². The summed E-state index contributed by atoms with van der Waals surface area (Å²) in [5.41, 5.74) is 1.44. The Kier molecular flexibility index (Phi) is 2.59. The highest BCUT2D eigenvalue weighted by Crippen LogP contribution is 2.44. The van der Waals surface area contributed by atoms with E-state index in [2.05, 4.69) is 15.9 Å². The van der Waals surface area contributed by atoms with Crippen LogP contribution in [0.15, 0.2) is 22.7 Å². The third-order valence-corrected chi connectivity index (χ3v) is 4.22. The quantitative estimate of drug-likeness (QED) is 0.894. The Bertz CT molecular complexity index is 408. The van der Waals surface area contributed by atoms with E-state index in [9.17, 15) is 9.90 Å². The Morgan fingerprint density at radius 1 is 1.47 bits per heavy atom. The van der Waals surface area contributed by atoms with Gasteiger partial charge in [0, 0.05) is 4.47 Å². The van der Waals surface area contributed by atoms with Gasteiger partial charge in [-0.3, -0.25) is 4.79 Å². The molecule has 1 aliphatic rings. The molecular weight excluding hydrogens is 256 g/mol. The first-order valence-corrected chi connectivity index (χ1v) is 5.85. The van der Waals surface area contributed by atoms with E-state index >= 15 is 0 Å². The smallest absolute Gasteiger partial charge is 0.314 e. The number of carboxylic acid groups (broad SMARTS) is 1. The summed E-state index contributed by atoms with van der Waals surface area (Å²) in [5, 5.41) is 9.29. The first-order valence-electron chi connectivity index (χ1n) is 5.06. The molecule has 0 saturated heterocycles. The molecule has 0 aromatic heterocycles. The van der Waals surface area contributed by atoms with Gasteiger partial charge < -0.3 is 5.11 Å². The van der Waals surface area contributed by atoms with Crippen LogP contribution in [0.25, 0.3) is 0 Å². The number of aryl methyl sites for hydroxylation is 1. The summed E-state index contributed by atoms with van der Waals surface area (Å²) in [7, 11) is 0. The van der Waals surface area contributed by atoms with Gasteiger partial charge in [-0.1, -0.05) is 34.5 Å². The zero-order chi connectivity index (χ0) is 11.1. The fourth-order valence-electron chi connectivity index (χ4n) is 2.10. The summed E-state index contributed by atoms with van der Waals surface area (Å²) in [5.74, 6) is -0.685. The third-order valence-electron chi connectivity index (χ3n) is 3.33. The molecule has 2 rings (SSSR count). The molecule has 0 spiro atoms. The molecule has 1 aliphatic carbocycles. The molecule has 0 heterocycles. The van der Waals surface area contributed by atoms with Crippen LogP contribution in [0, 0.1) is 6.92 Å². The second-order valence-electron chi connectivity index (χ2n) is 4.20. The van der Waals surface area contributed by atoms with Gasteiger partial charge in [-0.2, -0.15) is 0 Å². The Morgan fingerprint density at radius 2 is 2.13 bits per heavy atom. The van der Waals surface area contributed by atoms with Gasteiger partial charge in [0.15, 0.2) is 0 Å². The predicted molar refractivity (Wildman–Crippen MR) is 62.0 cm³/mol. The van der Waals surface area contributed by atoms with Gasteiger partial charge in [0.2, 0.25) is 0 Å². The molecule has 1 aromatic carbocycles. The molecule has 2 nitrogen and oxygen atoms in total. The Morgan fingerprint density at radius 3 is 2.53 bits per heavy atom. The summed E-state index contributed by atoms with van der Waals surface area (Å²) in [6.45, 7) is 1.99. The SMILES string of the molecule is Cc1cc(C2(C(=O)O)CCC2)ccc1Br. The fraction of sp³-hybridized carbons (Fsp3) is 0.417. The molecule has 0 radical (unpaired) electrons. The Balaban J connectivity index is 2.44. The van der Waals surface area contributed by atoms with E-state index in [0.717, 1.165) is 34.9 Å². The first-order chi connectivity index (χ1) is 7.06. The monoisotopic (exact) mass is 268 g/mol. The number of hydrogen-bond donors (Lipinski definition) is 1. The van der Waals surface area contributed by atoms with Crippen LogP contribution in [-0.2, 0) is 10.2 Å². The maximum Gasteiger partial charge on any atom is 0.314 e. The highest BCUT2D eigenvalue weighted by atomic mass is 79.9. The highest BCUT2D eigenvalue weighted by Gasteiger charge is 2.45. The number of carbonyl (C=O) groups is 1. The number of carboxylic acids is 1. The summed E-state index contributed by atoms with van der Waals surface area (Å²) >= 11 is 3.43. The molecule has 15 heavy (non-hydrogen) atoms. The molecule has 80 valence electrons. The van der Waals surface area contributed by atoms with Gasteiger partial charge in [0.05, 0.1) is 5.41 Å². The fourth-order valence-corrected chi connectivity index (χ4v) is 2.35. The van der Waals surface area contributed by atoms with Crippen LogP contribution in [0.5, 0.6) is 0 Å².